The number of ketones is 1. The molecule has 0 aromatic carbocycles. The van der Waals surface area contributed by atoms with Crippen molar-refractivity contribution < 1.29 is 14.6 Å². The van der Waals surface area contributed by atoms with E-state index in [4.69, 9.17) is 4.74 Å². The van der Waals surface area contributed by atoms with E-state index in [-0.39, 0.29) is 23.2 Å². The third-order valence-electron chi connectivity index (χ3n) is 5.64. The lowest BCUT2D eigenvalue weighted by Crippen LogP contribution is -2.41. The molecule has 0 radical (unpaired) electrons. The lowest BCUT2D eigenvalue weighted by molar-refractivity contribution is -0.126. The maximum absolute atomic E-state index is 12.7. The molecule has 3 unspecified atom stereocenters. The van der Waals surface area contributed by atoms with E-state index in [9.17, 15) is 9.90 Å². The Balaban J connectivity index is 2.22. The van der Waals surface area contributed by atoms with Crippen LogP contribution in [0.3, 0.4) is 0 Å². The molecule has 2 saturated carbocycles. The molecule has 3 atom stereocenters. The van der Waals surface area contributed by atoms with E-state index in [0.717, 1.165) is 29.6 Å². The van der Waals surface area contributed by atoms with E-state index >= 15 is 0 Å². The second-order valence-electron chi connectivity index (χ2n) is 6.82. The van der Waals surface area contributed by atoms with E-state index in [1.165, 1.54) is 0 Å². The van der Waals surface area contributed by atoms with Gasteiger partial charge in [0.25, 0.3) is 0 Å². The van der Waals surface area contributed by atoms with Gasteiger partial charge in [-0.25, -0.2) is 0 Å². The zero-order chi connectivity index (χ0) is 14.2. The molecular formula is C16H22O3. The summed E-state index contributed by atoms with van der Waals surface area (Å²) in [6.07, 6.45) is 1.09. The zero-order valence-electron chi connectivity index (χ0n) is 12.1. The summed E-state index contributed by atoms with van der Waals surface area (Å²) in [5.74, 6) is -0.106. The van der Waals surface area contributed by atoms with Crippen molar-refractivity contribution in [1.29, 1.82) is 0 Å². The number of aliphatic hydroxyl groups is 1. The van der Waals surface area contributed by atoms with Gasteiger partial charge in [-0.15, -0.1) is 0 Å². The first kappa shape index (κ1) is 13.1. The van der Waals surface area contributed by atoms with Crippen LogP contribution in [-0.2, 0) is 9.53 Å². The number of hydrogen-bond donors (Lipinski definition) is 1. The van der Waals surface area contributed by atoms with Gasteiger partial charge in [-0.05, 0) is 25.3 Å². The molecule has 0 heterocycles. The van der Waals surface area contributed by atoms with Gasteiger partial charge in [-0.1, -0.05) is 26.0 Å². The number of fused-ring (bicyclic) bond motifs is 1. The van der Waals surface area contributed by atoms with Gasteiger partial charge in [0.05, 0.1) is 17.6 Å². The van der Waals surface area contributed by atoms with E-state index in [1.807, 2.05) is 20.8 Å². The quantitative estimate of drug-likeness (QED) is 0.737. The highest BCUT2D eigenvalue weighted by atomic mass is 16.5. The Kier molecular flexibility index (Phi) is 2.47. The van der Waals surface area contributed by atoms with Gasteiger partial charge in [-0.2, -0.15) is 0 Å². The maximum Gasteiger partial charge on any atom is 0.167 e. The molecule has 1 spiro atoms. The summed E-state index contributed by atoms with van der Waals surface area (Å²) in [4.78, 5) is 12.7. The molecule has 3 rings (SSSR count). The largest absolute Gasteiger partial charge is 0.388 e. The number of Topliss-reactive ketones (excluding diaryl/α,β-unsaturated/α-hetero) is 1. The number of ether oxygens (including phenoxy) is 1. The molecule has 3 heteroatoms. The van der Waals surface area contributed by atoms with E-state index in [0.29, 0.717) is 0 Å². The number of aliphatic hydroxyl groups excluding tert-OH is 1. The highest BCUT2D eigenvalue weighted by molar-refractivity contribution is 6.04. The lowest BCUT2D eigenvalue weighted by atomic mass is 9.71. The summed E-state index contributed by atoms with van der Waals surface area (Å²) in [5, 5.41) is 10.6. The molecule has 0 aliphatic heterocycles. The average Bonchev–Trinajstić information content (AvgIpc) is 3.11. The summed E-state index contributed by atoms with van der Waals surface area (Å²) < 4.78 is 5.57. The Morgan fingerprint density at radius 2 is 1.95 bits per heavy atom. The Morgan fingerprint density at radius 3 is 2.42 bits per heavy atom. The molecule has 0 aromatic rings. The number of allylic oxidation sites excluding steroid dienone is 1. The Morgan fingerprint density at radius 1 is 1.37 bits per heavy atom. The van der Waals surface area contributed by atoms with Crippen LogP contribution in [-0.4, -0.2) is 30.2 Å². The number of carbonyl (C=O) groups is 1. The smallest absolute Gasteiger partial charge is 0.167 e. The molecular weight excluding hydrogens is 240 g/mol. The average molecular weight is 262 g/mol. The van der Waals surface area contributed by atoms with Crippen molar-refractivity contribution in [2.24, 2.45) is 16.7 Å². The Labute approximate surface area is 114 Å². The normalized spacial score (nSPS) is 38.9. The van der Waals surface area contributed by atoms with Crippen LogP contribution in [0.1, 0.15) is 33.6 Å². The molecule has 3 aliphatic carbocycles. The molecule has 104 valence electrons. The molecule has 1 N–H and O–H groups in total. The van der Waals surface area contributed by atoms with Crippen molar-refractivity contribution in [3.8, 4) is 0 Å². The van der Waals surface area contributed by atoms with Crippen molar-refractivity contribution in [3.63, 3.8) is 0 Å². The minimum Gasteiger partial charge on any atom is -0.388 e. The standard InChI is InChI=1S/C16H22O3/c1-8-10-11(12(17)9(2)16(8)6-7-16)14(19-5)15(3,4)13(10)18/h11-12,14,17H,2,6-7H2,1,3-5H3. The van der Waals surface area contributed by atoms with Crippen molar-refractivity contribution >= 4 is 5.78 Å². The van der Waals surface area contributed by atoms with Crippen LogP contribution in [0.4, 0.5) is 0 Å². The van der Waals surface area contributed by atoms with Gasteiger partial charge >= 0.3 is 0 Å². The van der Waals surface area contributed by atoms with E-state index < -0.39 is 11.5 Å². The van der Waals surface area contributed by atoms with Gasteiger partial charge in [0.1, 0.15) is 0 Å². The third-order valence-corrected chi connectivity index (χ3v) is 5.64. The molecule has 2 fully saturated rings. The number of carbonyl (C=O) groups excluding carboxylic acids is 1. The highest BCUT2D eigenvalue weighted by Gasteiger charge is 2.63. The summed E-state index contributed by atoms with van der Waals surface area (Å²) in [5.41, 5.74) is 2.16. The topological polar surface area (TPSA) is 46.5 Å². The zero-order valence-corrected chi connectivity index (χ0v) is 12.1. The van der Waals surface area contributed by atoms with Gasteiger partial charge in [-0.3, -0.25) is 4.79 Å². The Bertz CT molecular complexity index is 508. The molecule has 0 aromatic heterocycles. The number of hydrogen-bond acceptors (Lipinski definition) is 3. The minimum absolute atomic E-state index is 0.0976. The fraction of sp³-hybridized carbons (Fsp3) is 0.688. The van der Waals surface area contributed by atoms with Crippen molar-refractivity contribution in [3.05, 3.63) is 23.3 Å². The van der Waals surface area contributed by atoms with Crippen LogP contribution in [0.25, 0.3) is 0 Å². The van der Waals surface area contributed by atoms with E-state index in [2.05, 4.69) is 6.58 Å². The Hall–Kier alpha value is -0.930. The first-order chi connectivity index (χ1) is 8.79. The molecule has 0 amide bonds. The van der Waals surface area contributed by atoms with Gasteiger partial charge in [0.2, 0.25) is 0 Å². The second kappa shape index (κ2) is 3.58. The summed E-state index contributed by atoms with van der Waals surface area (Å²) in [6.45, 7) is 9.98. The van der Waals surface area contributed by atoms with Crippen molar-refractivity contribution in [2.75, 3.05) is 7.11 Å². The number of methoxy groups -OCH3 is 1. The number of rotatable bonds is 1. The summed E-state index contributed by atoms with van der Waals surface area (Å²) in [7, 11) is 1.62. The molecule has 3 aliphatic rings. The second-order valence-corrected chi connectivity index (χ2v) is 6.82. The van der Waals surface area contributed by atoms with Crippen LogP contribution in [0, 0.1) is 16.7 Å². The van der Waals surface area contributed by atoms with Gasteiger partial charge < -0.3 is 9.84 Å². The monoisotopic (exact) mass is 262 g/mol. The predicted octanol–water partition coefficient (Wildman–Crippen LogP) is 2.25. The van der Waals surface area contributed by atoms with Crippen LogP contribution < -0.4 is 0 Å². The summed E-state index contributed by atoms with van der Waals surface area (Å²) >= 11 is 0. The van der Waals surface area contributed by atoms with E-state index in [1.54, 1.807) is 7.11 Å². The minimum atomic E-state index is -0.656. The fourth-order valence-electron chi connectivity index (χ4n) is 4.23. The van der Waals surface area contributed by atoms with Crippen LogP contribution in [0.5, 0.6) is 0 Å². The van der Waals surface area contributed by atoms with Crippen molar-refractivity contribution in [1.82, 2.24) is 0 Å². The van der Waals surface area contributed by atoms with Crippen LogP contribution in [0.15, 0.2) is 23.3 Å². The third kappa shape index (κ3) is 1.33. The maximum atomic E-state index is 12.7. The van der Waals surface area contributed by atoms with Crippen molar-refractivity contribution in [2.45, 2.75) is 45.8 Å². The lowest BCUT2D eigenvalue weighted by Gasteiger charge is -2.37. The van der Waals surface area contributed by atoms with Gasteiger partial charge in [0.15, 0.2) is 5.78 Å². The molecule has 19 heavy (non-hydrogen) atoms. The van der Waals surface area contributed by atoms with Crippen LogP contribution >= 0.6 is 0 Å². The molecule has 3 nitrogen and oxygen atoms in total. The fourth-order valence-corrected chi connectivity index (χ4v) is 4.23. The SMILES string of the molecule is C=C1C(O)C2C(=C(C)C13CC3)C(=O)C(C)(C)C2OC. The first-order valence-corrected chi connectivity index (χ1v) is 6.95. The highest BCUT2D eigenvalue weighted by Crippen LogP contribution is 2.65. The first-order valence-electron chi connectivity index (χ1n) is 6.95. The molecule has 0 saturated heterocycles. The van der Waals surface area contributed by atoms with Crippen LogP contribution in [0.2, 0.25) is 0 Å². The van der Waals surface area contributed by atoms with Gasteiger partial charge in [0, 0.05) is 24.0 Å². The molecule has 0 bridgehead atoms. The summed E-state index contributed by atoms with van der Waals surface area (Å²) in [6, 6.07) is 0. The predicted molar refractivity (Wildman–Crippen MR) is 72.6 cm³/mol.